The summed E-state index contributed by atoms with van der Waals surface area (Å²) in [6.07, 6.45) is 0. The Morgan fingerprint density at radius 1 is 1.20 bits per heavy atom. The Labute approximate surface area is 119 Å². The smallest absolute Gasteiger partial charge is 0.275 e. The van der Waals surface area contributed by atoms with Gasteiger partial charge in [-0.1, -0.05) is 6.92 Å². The highest BCUT2D eigenvalue weighted by Gasteiger charge is 2.21. The molecule has 0 fully saturated rings. The molecule has 0 aliphatic heterocycles. The summed E-state index contributed by atoms with van der Waals surface area (Å²) in [5.41, 5.74) is 0. The Bertz CT molecular complexity index is 632. The van der Waals surface area contributed by atoms with Crippen LogP contribution in [0.25, 0.3) is 0 Å². The van der Waals surface area contributed by atoms with Crippen molar-refractivity contribution in [3.05, 3.63) is 17.9 Å². The predicted molar refractivity (Wildman–Crippen MR) is 75.6 cm³/mol. The standard InChI is InChI=1S/C11H20N2O5S2/c1-4-19(14,15)8-7-12-9-10-5-6-11(18-10)20(16,17)13(2)3/h5-6,12H,4,7-9H2,1-3H3. The second kappa shape index (κ2) is 6.70. The molecule has 1 rings (SSSR count). The van der Waals surface area contributed by atoms with Crippen molar-refractivity contribution < 1.29 is 21.3 Å². The topological polar surface area (TPSA) is 96.7 Å². The molecule has 0 saturated heterocycles. The highest BCUT2D eigenvalue weighted by Crippen LogP contribution is 2.16. The number of rotatable bonds is 8. The normalized spacial score (nSPS) is 13.0. The summed E-state index contributed by atoms with van der Waals surface area (Å²) in [5, 5.41) is 2.78. The second-order valence-electron chi connectivity index (χ2n) is 4.42. The van der Waals surface area contributed by atoms with E-state index in [2.05, 4.69) is 5.32 Å². The van der Waals surface area contributed by atoms with E-state index in [4.69, 9.17) is 4.42 Å². The van der Waals surface area contributed by atoms with Crippen molar-refractivity contribution in [1.29, 1.82) is 0 Å². The molecule has 0 aliphatic rings. The van der Waals surface area contributed by atoms with E-state index in [1.807, 2.05) is 0 Å². The first kappa shape index (κ1) is 17.2. The van der Waals surface area contributed by atoms with Crippen LogP contribution in [0.4, 0.5) is 0 Å². The molecule has 0 amide bonds. The van der Waals surface area contributed by atoms with E-state index in [9.17, 15) is 16.8 Å². The van der Waals surface area contributed by atoms with E-state index in [1.54, 1.807) is 13.0 Å². The second-order valence-corrected chi connectivity index (χ2v) is 8.98. The lowest BCUT2D eigenvalue weighted by Gasteiger charge is -2.08. The van der Waals surface area contributed by atoms with Gasteiger partial charge in [-0.3, -0.25) is 0 Å². The molecule has 7 nitrogen and oxygen atoms in total. The van der Waals surface area contributed by atoms with E-state index >= 15 is 0 Å². The molecule has 0 atom stereocenters. The summed E-state index contributed by atoms with van der Waals surface area (Å²) >= 11 is 0. The van der Waals surface area contributed by atoms with Crippen LogP contribution in [0.3, 0.4) is 0 Å². The van der Waals surface area contributed by atoms with Gasteiger partial charge in [0.1, 0.15) is 5.76 Å². The molecule has 1 heterocycles. The van der Waals surface area contributed by atoms with Crippen molar-refractivity contribution in [2.24, 2.45) is 0 Å². The monoisotopic (exact) mass is 324 g/mol. The maximum Gasteiger partial charge on any atom is 0.275 e. The molecule has 1 N–H and O–H groups in total. The van der Waals surface area contributed by atoms with E-state index in [1.165, 1.54) is 20.2 Å². The van der Waals surface area contributed by atoms with E-state index in [0.29, 0.717) is 12.3 Å². The van der Waals surface area contributed by atoms with Crippen LogP contribution in [-0.4, -0.2) is 53.3 Å². The van der Waals surface area contributed by atoms with Gasteiger partial charge in [-0.2, -0.15) is 0 Å². The van der Waals surface area contributed by atoms with Crippen molar-refractivity contribution >= 4 is 19.9 Å². The first-order chi connectivity index (χ1) is 9.19. The van der Waals surface area contributed by atoms with Gasteiger partial charge >= 0.3 is 0 Å². The van der Waals surface area contributed by atoms with Crippen molar-refractivity contribution in [2.75, 3.05) is 32.1 Å². The van der Waals surface area contributed by atoms with Gasteiger partial charge in [-0.15, -0.1) is 0 Å². The molecule has 1 aromatic rings. The Kier molecular flexibility index (Phi) is 5.75. The van der Waals surface area contributed by atoms with Crippen LogP contribution >= 0.6 is 0 Å². The zero-order chi connectivity index (χ0) is 15.4. The van der Waals surface area contributed by atoms with Crippen LogP contribution in [0, 0.1) is 0 Å². The van der Waals surface area contributed by atoms with Crippen molar-refractivity contribution in [3.63, 3.8) is 0 Å². The fourth-order valence-electron chi connectivity index (χ4n) is 1.36. The third-order valence-corrected chi connectivity index (χ3v) is 6.10. The zero-order valence-electron chi connectivity index (χ0n) is 11.8. The summed E-state index contributed by atoms with van der Waals surface area (Å²) in [6.45, 7) is 2.18. The van der Waals surface area contributed by atoms with E-state index in [0.717, 1.165) is 4.31 Å². The number of hydrogen-bond donors (Lipinski definition) is 1. The SMILES string of the molecule is CCS(=O)(=O)CCNCc1ccc(S(=O)(=O)N(C)C)o1. The van der Waals surface area contributed by atoms with Crippen molar-refractivity contribution in [2.45, 2.75) is 18.6 Å². The minimum atomic E-state index is -3.57. The van der Waals surface area contributed by atoms with Gasteiger partial charge in [-0.05, 0) is 12.1 Å². The number of furan rings is 1. The summed E-state index contributed by atoms with van der Waals surface area (Å²) in [5.74, 6) is 0.604. The summed E-state index contributed by atoms with van der Waals surface area (Å²) in [7, 11) is -3.73. The summed E-state index contributed by atoms with van der Waals surface area (Å²) < 4.78 is 52.4. The molecule has 0 radical (unpaired) electrons. The van der Waals surface area contributed by atoms with Crippen LogP contribution in [0.1, 0.15) is 12.7 Å². The van der Waals surface area contributed by atoms with Crippen LogP contribution < -0.4 is 5.32 Å². The molecule has 0 unspecified atom stereocenters. The molecular formula is C11H20N2O5S2. The molecule has 0 aliphatic carbocycles. The Morgan fingerprint density at radius 2 is 1.85 bits per heavy atom. The third kappa shape index (κ3) is 4.58. The van der Waals surface area contributed by atoms with Crippen molar-refractivity contribution in [1.82, 2.24) is 9.62 Å². The molecule has 0 saturated carbocycles. The molecule has 0 spiro atoms. The first-order valence-corrected chi connectivity index (χ1v) is 9.37. The number of hydrogen-bond acceptors (Lipinski definition) is 6. The lowest BCUT2D eigenvalue weighted by atomic mass is 10.4. The maximum atomic E-state index is 11.8. The van der Waals surface area contributed by atoms with E-state index in [-0.39, 0.29) is 23.1 Å². The molecule has 1 aromatic heterocycles. The lowest BCUT2D eigenvalue weighted by molar-refractivity contribution is 0.390. The summed E-state index contributed by atoms with van der Waals surface area (Å²) in [6, 6.07) is 2.94. The third-order valence-electron chi connectivity index (χ3n) is 2.70. The number of sulfone groups is 1. The van der Waals surface area contributed by atoms with Crippen LogP contribution in [0.2, 0.25) is 0 Å². The highest BCUT2D eigenvalue weighted by molar-refractivity contribution is 7.91. The first-order valence-electron chi connectivity index (χ1n) is 6.11. The van der Waals surface area contributed by atoms with Gasteiger partial charge in [0.25, 0.3) is 10.0 Å². The molecule has 9 heteroatoms. The molecular weight excluding hydrogens is 304 g/mol. The Balaban J connectivity index is 2.54. The van der Waals surface area contributed by atoms with Gasteiger partial charge in [0, 0.05) is 26.4 Å². The average Bonchev–Trinajstić information content (AvgIpc) is 2.84. The minimum Gasteiger partial charge on any atom is -0.447 e. The largest absolute Gasteiger partial charge is 0.447 e. The van der Waals surface area contributed by atoms with E-state index < -0.39 is 19.9 Å². The summed E-state index contributed by atoms with van der Waals surface area (Å²) in [4.78, 5) is 0. The van der Waals surface area contributed by atoms with Crippen LogP contribution in [0.5, 0.6) is 0 Å². The molecule has 20 heavy (non-hydrogen) atoms. The van der Waals surface area contributed by atoms with Crippen LogP contribution in [0.15, 0.2) is 21.6 Å². The average molecular weight is 324 g/mol. The highest BCUT2D eigenvalue weighted by atomic mass is 32.2. The Morgan fingerprint density at radius 3 is 2.40 bits per heavy atom. The van der Waals surface area contributed by atoms with Crippen molar-refractivity contribution in [3.8, 4) is 0 Å². The van der Waals surface area contributed by atoms with Gasteiger partial charge in [0.15, 0.2) is 9.84 Å². The number of nitrogens with one attached hydrogen (secondary N) is 1. The molecule has 116 valence electrons. The quantitative estimate of drug-likeness (QED) is 0.679. The molecule has 0 bridgehead atoms. The predicted octanol–water partition coefficient (Wildman–Crippen LogP) is 0.0542. The Hall–Kier alpha value is -0.900. The van der Waals surface area contributed by atoms with Gasteiger partial charge in [0.05, 0.1) is 12.3 Å². The maximum absolute atomic E-state index is 11.8. The number of nitrogens with zero attached hydrogens (tertiary/aromatic N) is 1. The fourth-order valence-corrected chi connectivity index (χ4v) is 2.91. The van der Waals surface area contributed by atoms with Gasteiger partial charge < -0.3 is 9.73 Å². The number of sulfonamides is 1. The van der Waals surface area contributed by atoms with Crippen LogP contribution in [-0.2, 0) is 26.4 Å². The lowest BCUT2D eigenvalue weighted by Crippen LogP contribution is -2.23. The molecule has 0 aromatic carbocycles. The van der Waals surface area contributed by atoms with Gasteiger partial charge in [-0.25, -0.2) is 21.1 Å². The zero-order valence-corrected chi connectivity index (χ0v) is 13.4. The minimum absolute atomic E-state index is 0.0487. The van der Waals surface area contributed by atoms with Gasteiger partial charge in [0.2, 0.25) is 5.09 Å². The fraction of sp³-hybridized carbons (Fsp3) is 0.636.